The number of aromatic nitrogens is 2. The zero-order valence-corrected chi connectivity index (χ0v) is 16.8. The zero-order chi connectivity index (χ0) is 19.9. The first-order valence-electron chi connectivity index (χ1n) is 9.83. The van der Waals surface area contributed by atoms with E-state index in [0.717, 1.165) is 25.7 Å². The van der Waals surface area contributed by atoms with Crippen molar-refractivity contribution < 1.29 is 19.0 Å². The van der Waals surface area contributed by atoms with Crippen LogP contribution in [0.4, 0.5) is 0 Å². The fourth-order valence-electron chi connectivity index (χ4n) is 3.71. The zero-order valence-electron chi connectivity index (χ0n) is 16.8. The van der Waals surface area contributed by atoms with E-state index < -0.39 is 0 Å². The molecule has 1 aliphatic carbocycles. The lowest BCUT2D eigenvalue weighted by Crippen LogP contribution is -2.43. The van der Waals surface area contributed by atoms with E-state index in [1.54, 1.807) is 25.1 Å². The van der Waals surface area contributed by atoms with Crippen molar-refractivity contribution in [2.45, 2.75) is 57.2 Å². The van der Waals surface area contributed by atoms with Crippen molar-refractivity contribution >= 4 is 5.91 Å². The molecule has 2 aromatic rings. The van der Waals surface area contributed by atoms with Crippen molar-refractivity contribution in [1.29, 1.82) is 0 Å². The quantitative estimate of drug-likeness (QED) is 0.752. The van der Waals surface area contributed by atoms with E-state index >= 15 is 0 Å². The Kier molecular flexibility index (Phi) is 6.79. The fraction of sp³-hybridized carbons (Fsp3) is 0.524. The lowest BCUT2D eigenvalue weighted by atomic mass is 9.92. The lowest BCUT2D eigenvalue weighted by molar-refractivity contribution is -0.125. The molecule has 1 aromatic heterocycles. The third-order valence-corrected chi connectivity index (χ3v) is 5.21. The van der Waals surface area contributed by atoms with E-state index in [9.17, 15) is 4.79 Å². The molecule has 1 amide bonds. The van der Waals surface area contributed by atoms with Crippen molar-refractivity contribution in [1.82, 2.24) is 15.1 Å². The lowest BCUT2D eigenvalue weighted by Gasteiger charge is -2.31. The first kappa shape index (κ1) is 20.0. The van der Waals surface area contributed by atoms with Crippen LogP contribution in [-0.4, -0.2) is 42.1 Å². The van der Waals surface area contributed by atoms with Crippen LogP contribution in [-0.2, 0) is 4.79 Å². The van der Waals surface area contributed by atoms with Crippen LogP contribution < -0.4 is 19.5 Å². The Morgan fingerprint density at radius 3 is 2.54 bits per heavy atom. The molecule has 0 saturated heterocycles. The fourth-order valence-corrected chi connectivity index (χ4v) is 3.71. The van der Waals surface area contributed by atoms with Crippen molar-refractivity contribution in [3.63, 3.8) is 0 Å². The summed E-state index contributed by atoms with van der Waals surface area (Å²) in [6.07, 6.45) is 7.87. The SMILES string of the molecule is CCC(C(=O)NC1CCC(Oc2cccc(OC)c2OC)CC1)n1cccn1. The van der Waals surface area contributed by atoms with Crippen molar-refractivity contribution in [3.8, 4) is 17.2 Å². The van der Waals surface area contributed by atoms with Crippen molar-refractivity contribution in [2.75, 3.05) is 14.2 Å². The number of nitrogens with one attached hydrogen (secondary N) is 1. The van der Waals surface area contributed by atoms with Crippen LogP contribution in [0.2, 0.25) is 0 Å². The minimum absolute atomic E-state index is 0.0324. The molecule has 1 saturated carbocycles. The third-order valence-electron chi connectivity index (χ3n) is 5.21. The highest BCUT2D eigenvalue weighted by Gasteiger charge is 2.27. The minimum atomic E-state index is -0.259. The number of ether oxygens (including phenoxy) is 3. The summed E-state index contributed by atoms with van der Waals surface area (Å²) < 4.78 is 18.7. The van der Waals surface area contributed by atoms with Crippen molar-refractivity contribution in [2.24, 2.45) is 0 Å². The van der Waals surface area contributed by atoms with Gasteiger partial charge in [0, 0.05) is 18.4 Å². The number of amides is 1. The number of hydrogen-bond donors (Lipinski definition) is 1. The van der Waals surface area contributed by atoms with Crippen LogP contribution in [0.1, 0.15) is 45.1 Å². The predicted octanol–water partition coefficient (Wildman–Crippen LogP) is 3.36. The Bertz CT molecular complexity index is 755. The Morgan fingerprint density at radius 2 is 1.93 bits per heavy atom. The summed E-state index contributed by atoms with van der Waals surface area (Å²) >= 11 is 0. The molecule has 28 heavy (non-hydrogen) atoms. The topological polar surface area (TPSA) is 74.6 Å². The van der Waals surface area contributed by atoms with E-state index in [1.165, 1.54) is 0 Å². The van der Waals surface area contributed by atoms with Crippen LogP contribution in [0.15, 0.2) is 36.7 Å². The van der Waals surface area contributed by atoms with E-state index in [1.807, 2.05) is 37.4 Å². The van der Waals surface area contributed by atoms with Gasteiger partial charge < -0.3 is 19.5 Å². The normalized spacial score (nSPS) is 20.2. The van der Waals surface area contributed by atoms with Gasteiger partial charge in [-0.05, 0) is 50.3 Å². The van der Waals surface area contributed by atoms with E-state index in [4.69, 9.17) is 14.2 Å². The molecule has 1 aromatic carbocycles. The average molecular weight is 387 g/mol. The van der Waals surface area contributed by atoms with Gasteiger partial charge in [0.2, 0.25) is 11.7 Å². The first-order valence-corrected chi connectivity index (χ1v) is 9.83. The van der Waals surface area contributed by atoms with Gasteiger partial charge in [0.15, 0.2) is 11.5 Å². The monoisotopic (exact) mass is 387 g/mol. The van der Waals surface area contributed by atoms with Gasteiger partial charge >= 0.3 is 0 Å². The van der Waals surface area contributed by atoms with E-state index in [0.29, 0.717) is 23.7 Å². The number of rotatable bonds is 8. The Hall–Kier alpha value is -2.70. The van der Waals surface area contributed by atoms with Gasteiger partial charge in [0.25, 0.3) is 0 Å². The van der Waals surface area contributed by atoms with Crippen molar-refractivity contribution in [3.05, 3.63) is 36.7 Å². The molecule has 152 valence electrons. The third kappa shape index (κ3) is 4.58. The molecule has 0 spiro atoms. The smallest absolute Gasteiger partial charge is 0.245 e. The molecule has 1 N–H and O–H groups in total. The van der Waals surface area contributed by atoms with Crippen LogP contribution in [0.25, 0.3) is 0 Å². The number of nitrogens with zero attached hydrogens (tertiary/aromatic N) is 2. The summed E-state index contributed by atoms with van der Waals surface area (Å²) in [7, 11) is 3.23. The second kappa shape index (κ2) is 9.48. The number of carbonyl (C=O) groups is 1. The molecule has 1 fully saturated rings. The maximum atomic E-state index is 12.6. The van der Waals surface area contributed by atoms with Gasteiger partial charge in [0.1, 0.15) is 6.04 Å². The average Bonchev–Trinajstić information content (AvgIpc) is 3.24. The van der Waals surface area contributed by atoms with Gasteiger partial charge in [0.05, 0.1) is 20.3 Å². The summed E-state index contributed by atoms with van der Waals surface area (Å²) in [6, 6.07) is 7.38. The highest BCUT2D eigenvalue weighted by atomic mass is 16.5. The number of para-hydroxylation sites is 1. The highest BCUT2D eigenvalue weighted by molar-refractivity contribution is 5.80. The maximum absolute atomic E-state index is 12.6. The van der Waals surface area contributed by atoms with Gasteiger partial charge in [-0.1, -0.05) is 13.0 Å². The molecule has 1 atom stereocenters. The molecule has 1 heterocycles. The summed E-state index contributed by atoms with van der Waals surface area (Å²) in [5.74, 6) is 2.00. The standard InChI is InChI=1S/C21H29N3O4/c1-4-17(24-14-6-13-22-24)21(25)23-15-9-11-16(12-10-15)28-19-8-5-7-18(26-2)20(19)27-3/h5-8,13-17H,4,9-12H2,1-3H3,(H,23,25). The van der Waals surface area contributed by atoms with Gasteiger partial charge in [-0.3, -0.25) is 9.48 Å². The van der Waals surface area contributed by atoms with Gasteiger partial charge in [-0.2, -0.15) is 5.10 Å². The molecule has 0 radical (unpaired) electrons. The second-order valence-corrected chi connectivity index (χ2v) is 7.00. The number of methoxy groups -OCH3 is 2. The summed E-state index contributed by atoms with van der Waals surface area (Å²) in [6.45, 7) is 2.00. The first-order chi connectivity index (χ1) is 13.7. The second-order valence-electron chi connectivity index (χ2n) is 7.00. The number of carbonyl (C=O) groups excluding carboxylic acids is 1. The van der Waals surface area contributed by atoms with E-state index in [-0.39, 0.29) is 24.1 Å². The summed E-state index contributed by atoms with van der Waals surface area (Å²) in [4.78, 5) is 12.6. The number of hydrogen-bond acceptors (Lipinski definition) is 5. The largest absolute Gasteiger partial charge is 0.493 e. The Balaban J connectivity index is 1.53. The molecule has 7 heteroatoms. The molecule has 7 nitrogen and oxygen atoms in total. The van der Waals surface area contributed by atoms with Crippen LogP contribution in [0, 0.1) is 0 Å². The predicted molar refractivity (Wildman–Crippen MR) is 106 cm³/mol. The summed E-state index contributed by atoms with van der Waals surface area (Å²) in [5.41, 5.74) is 0. The Labute approximate surface area is 166 Å². The molecule has 0 aliphatic heterocycles. The summed E-state index contributed by atoms with van der Waals surface area (Å²) in [5, 5.41) is 7.39. The number of benzene rings is 1. The van der Waals surface area contributed by atoms with Crippen LogP contribution in [0.3, 0.4) is 0 Å². The van der Waals surface area contributed by atoms with Gasteiger partial charge in [-0.15, -0.1) is 0 Å². The maximum Gasteiger partial charge on any atom is 0.245 e. The minimum Gasteiger partial charge on any atom is -0.493 e. The molecule has 1 aliphatic rings. The molecular formula is C21H29N3O4. The molecule has 3 rings (SSSR count). The molecule has 1 unspecified atom stereocenters. The van der Waals surface area contributed by atoms with E-state index in [2.05, 4.69) is 10.4 Å². The van der Waals surface area contributed by atoms with Crippen LogP contribution in [0.5, 0.6) is 17.2 Å². The molecular weight excluding hydrogens is 358 g/mol. The van der Waals surface area contributed by atoms with Crippen LogP contribution >= 0.6 is 0 Å². The molecule has 0 bridgehead atoms. The van der Waals surface area contributed by atoms with Gasteiger partial charge in [-0.25, -0.2) is 0 Å². The Morgan fingerprint density at radius 1 is 1.18 bits per heavy atom. The highest BCUT2D eigenvalue weighted by Crippen LogP contribution is 2.38.